The van der Waals surface area contributed by atoms with Gasteiger partial charge in [0, 0.05) is 38.2 Å². The molecule has 0 aliphatic carbocycles. The maximum absolute atomic E-state index is 13.3. The molecule has 0 spiro atoms. The van der Waals surface area contributed by atoms with Gasteiger partial charge in [-0.3, -0.25) is 9.59 Å². The van der Waals surface area contributed by atoms with Gasteiger partial charge in [0.25, 0.3) is 0 Å². The number of amides is 2. The van der Waals surface area contributed by atoms with Crippen LogP contribution in [0.4, 0.5) is 11.5 Å². The number of aromatic nitrogens is 2. The number of fused-ring (bicyclic) bond motifs is 1. The number of nitrogens with zero attached hydrogens (tertiary/aromatic N) is 4. The van der Waals surface area contributed by atoms with Gasteiger partial charge >= 0.3 is 0 Å². The second kappa shape index (κ2) is 10.1. The first kappa shape index (κ1) is 23.5. The molecule has 1 fully saturated rings. The smallest absolute Gasteiger partial charge is 0.248 e. The average molecular weight is 481 g/mol. The lowest BCUT2D eigenvalue weighted by atomic mass is 10.1. The van der Waals surface area contributed by atoms with Crippen molar-refractivity contribution >= 4 is 51.9 Å². The van der Waals surface area contributed by atoms with E-state index in [2.05, 4.69) is 9.97 Å². The molecular weight excluding hydrogens is 456 g/mol. The highest BCUT2D eigenvalue weighted by Crippen LogP contribution is 2.22. The predicted molar refractivity (Wildman–Crippen MR) is 132 cm³/mol. The number of rotatable bonds is 6. The van der Waals surface area contributed by atoms with Gasteiger partial charge in [-0.2, -0.15) is 0 Å². The molecule has 0 bridgehead atoms. The van der Waals surface area contributed by atoms with Crippen LogP contribution in [0.3, 0.4) is 0 Å². The van der Waals surface area contributed by atoms with Crippen LogP contribution < -0.4 is 11.5 Å². The molecular formula is C24H25ClN6O3. The number of carbonyl (C=O) groups is 2. The zero-order chi connectivity index (χ0) is 24.2. The summed E-state index contributed by atoms with van der Waals surface area (Å²) >= 11 is 5.95. The largest absolute Gasteiger partial charge is 0.398 e. The number of hydrogen-bond donors (Lipinski definition) is 2. The summed E-state index contributed by atoms with van der Waals surface area (Å²) in [5.41, 5.74) is 14.5. The van der Waals surface area contributed by atoms with Crippen LogP contribution in [0.15, 0.2) is 48.8 Å². The molecule has 2 heterocycles. The molecule has 176 valence electrons. The molecule has 2 amide bonds. The van der Waals surface area contributed by atoms with Crippen LogP contribution in [0.25, 0.3) is 17.0 Å². The number of hydrogen-bond acceptors (Lipinski definition) is 7. The molecule has 1 atom stereocenters. The number of benzene rings is 2. The van der Waals surface area contributed by atoms with Crippen LogP contribution in [0, 0.1) is 0 Å². The van der Waals surface area contributed by atoms with Crippen molar-refractivity contribution in [2.45, 2.75) is 12.6 Å². The molecule has 1 aromatic heterocycles. The summed E-state index contributed by atoms with van der Waals surface area (Å²) in [6, 6.07) is 10.0. The number of methoxy groups -OCH3 is 1. The molecule has 4 rings (SSSR count). The summed E-state index contributed by atoms with van der Waals surface area (Å²) < 4.78 is 5.27. The third-order valence-electron chi connectivity index (χ3n) is 5.73. The molecule has 3 aromatic rings. The highest BCUT2D eigenvalue weighted by atomic mass is 35.5. The van der Waals surface area contributed by atoms with Crippen LogP contribution in [-0.2, 0) is 20.9 Å². The fraction of sp³-hybridized carbons (Fsp3) is 0.250. The van der Waals surface area contributed by atoms with Gasteiger partial charge in [-0.1, -0.05) is 23.7 Å². The van der Waals surface area contributed by atoms with Crippen molar-refractivity contribution in [2.24, 2.45) is 0 Å². The molecule has 0 radical (unpaired) electrons. The van der Waals surface area contributed by atoms with Gasteiger partial charge in [-0.05, 0) is 41.5 Å². The topological polar surface area (TPSA) is 128 Å². The van der Waals surface area contributed by atoms with E-state index in [0.717, 1.165) is 16.5 Å². The fourth-order valence-electron chi connectivity index (χ4n) is 3.95. The van der Waals surface area contributed by atoms with Crippen molar-refractivity contribution in [1.29, 1.82) is 0 Å². The Morgan fingerprint density at radius 1 is 1.21 bits per heavy atom. The van der Waals surface area contributed by atoms with Gasteiger partial charge < -0.3 is 26.0 Å². The van der Waals surface area contributed by atoms with Gasteiger partial charge in [0.15, 0.2) is 0 Å². The summed E-state index contributed by atoms with van der Waals surface area (Å²) in [7, 11) is 1.51. The summed E-state index contributed by atoms with van der Waals surface area (Å²) in [4.78, 5) is 37.7. The third kappa shape index (κ3) is 4.95. The second-order valence-corrected chi connectivity index (χ2v) is 8.39. The van der Waals surface area contributed by atoms with Gasteiger partial charge in [0.2, 0.25) is 11.8 Å². The van der Waals surface area contributed by atoms with Gasteiger partial charge in [-0.15, -0.1) is 0 Å². The number of anilines is 2. The van der Waals surface area contributed by atoms with Crippen molar-refractivity contribution < 1.29 is 14.3 Å². The minimum atomic E-state index is -0.718. The second-order valence-electron chi connectivity index (χ2n) is 7.99. The number of nitrogen functional groups attached to an aromatic ring is 2. The zero-order valence-corrected chi connectivity index (χ0v) is 19.4. The van der Waals surface area contributed by atoms with Gasteiger partial charge in [-0.25, -0.2) is 9.97 Å². The summed E-state index contributed by atoms with van der Waals surface area (Å²) in [6.45, 7) is 1.27. The van der Waals surface area contributed by atoms with Crippen molar-refractivity contribution in [1.82, 2.24) is 19.8 Å². The molecule has 0 saturated carbocycles. The molecule has 1 saturated heterocycles. The average Bonchev–Trinajstić information content (AvgIpc) is 2.82. The Kier molecular flexibility index (Phi) is 6.95. The van der Waals surface area contributed by atoms with E-state index in [-0.39, 0.29) is 18.4 Å². The molecule has 0 unspecified atom stereocenters. The lowest BCUT2D eigenvalue weighted by Gasteiger charge is -2.40. The van der Waals surface area contributed by atoms with Crippen molar-refractivity contribution in [3.63, 3.8) is 0 Å². The monoisotopic (exact) mass is 480 g/mol. The van der Waals surface area contributed by atoms with Crippen molar-refractivity contribution in [3.05, 3.63) is 65.0 Å². The van der Waals surface area contributed by atoms with Crippen LogP contribution in [-0.4, -0.2) is 64.4 Å². The summed E-state index contributed by atoms with van der Waals surface area (Å²) in [5.74, 6) is -0.0383. The first-order chi connectivity index (χ1) is 16.4. The van der Waals surface area contributed by atoms with E-state index >= 15 is 0 Å². The molecule has 34 heavy (non-hydrogen) atoms. The molecule has 1 aliphatic rings. The lowest BCUT2D eigenvalue weighted by Crippen LogP contribution is -2.59. The number of piperazine rings is 1. The predicted octanol–water partition coefficient (Wildman–Crippen LogP) is 2.35. The minimum absolute atomic E-state index is 0.101. The Bertz CT molecular complexity index is 1260. The van der Waals surface area contributed by atoms with E-state index in [1.165, 1.54) is 24.4 Å². The van der Waals surface area contributed by atoms with Crippen molar-refractivity contribution in [3.8, 4) is 0 Å². The quantitative estimate of drug-likeness (QED) is 0.409. The molecule has 9 nitrogen and oxygen atoms in total. The maximum Gasteiger partial charge on any atom is 0.248 e. The maximum atomic E-state index is 13.3. The Hall–Kier alpha value is -3.69. The SMILES string of the molecule is COC[C@H]1C(=O)N(Cc2ccc3c(N)ncnc3c2)CCN1C(=O)C=Cc1ccc(Cl)c(N)c1. The Labute approximate surface area is 202 Å². The minimum Gasteiger partial charge on any atom is -0.398 e. The highest BCUT2D eigenvalue weighted by molar-refractivity contribution is 6.33. The fourth-order valence-corrected chi connectivity index (χ4v) is 4.07. The molecule has 1 aliphatic heterocycles. The zero-order valence-electron chi connectivity index (χ0n) is 18.6. The number of halogens is 1. The van der Waals surface area contributed by atoms with E-state index in [4.69, 9.17) is 27.8 Å². The van der Waals surface area contributed by atoms with E-state index in [1.807, 2.05) is 18.2 Å². The number of ether oxygens (including phenoxy) is 1. The standard InChI is InChI=1S/C24H25ClN6O3/c1-34-13-21-24(33)30(12-16-2-5-17-20(11-16)28-14-29-23(17)27)8-9-31(21)22(32)7-4-15-3-6-18(25)19(26)10-15/h2-7,10-11,14,21H,8-9,12-13,26H2,1H3,(H2,27,28,29)/t21-/m0/s1. The number of nitrogens with two attached hydrogens (primary N) is 2. The molecule has 4 N–H and O–H groups in total. The van der Waals surface area contributed by atoms with Crippen LogP contribution in [0.2, 0.25) is 5.02 Å². The van der Waals surface area contributed by atoms with Crippen LogP contribution in [0.1, 0.15) is 11.1 Å². The van der Waals surface area contributed by atoms with Crippen LogP contribution >= 0.6 is 11.6 Å². The third-order valence-corrected chi connectivity index (χ3v) is 6.08. The summed E-state index contributed by atoms with van der Waals surface area (Å²) in [6.07, 6.45) is 4.50. The van der Waals surface area contributed by atoms with E-state index < -0.39 is 6.04 Å². The Balaban J connectivity index is 1.48. The molecule has 2 aromatic carbocycles. The van der Waals surface area contributed by atoms with E-state index in [0.29, 0.717) is 41.7 Å². The Morgan fingerprint density at radius 3 is 2.79 bits per heavy atom. The van der Waals surface area contributed by atoms with E-state index in [1.54, 1.807) is 29.2 Å². The van der Waals surface area contributed by atoms with E-state index in [9.17, 15) is 9.59 Å². The first-order valence-corrected chi connectivity index (χ1v) is 11.1. The lowest BCUT2D eigenvalue weighted by molar-refractivity contribution is -0.152. The normalized spacial score (nSPS) is 16.5. The van der Waals surface area contributed by atoms with Gasteiger partial charge in [0.1, 0.15) is 18.2 Å². The highest BCUT2D eigenvalue weighted by Gasteiger charge is 2.36. The molecule has 10 heteroatoms. The number of carbonyl (C=O) groups excluding carboxylic acids is 2. The summed E-state index contributed by atoms with van der Waals surface area (Å²) in [5, 5.41) is 1.21. The first-order valence-electron chi connectivity index (χ1n) is 10.7. The van der Waals surface area contributed by atoms with Crippen molar-refractivity contribution in [2.75, 3.05) is 38.3 Å². The van der Waals surface area contributed by atoms with Gasteiger partial charge in [0.05, 0.1) is 22.8 Å². The Morgan fingerprint density at radius 2 is 2.03 bits per heavy atom. The van der Waals surface area contributed by atoms with Crippen LogP contribution in [0.5, 0.6) is 0 Å².